The summed E-state index contributed by atoms with van der Waals surface area (Å²) in [5, 5.41) is 20.1. The Hall–Kier alpha value is -2.42. The van der Waals surface area contributed by atoms with Crippen molar-refractivity contribution in [2.24, 2.45) is 0 Å². The number of fused-ring (bicyclic) bond motifs is 1. The van der Waals surface area contributed by atoms with Crippen molar-refractivity contribution in [2.45, 2.75) is 17.5 Å². The number of para-hydroxylation sites is 2. The highest BCUT2D eigenvalue weighted by Gasteiger charge is 2.11. The van der Waals surface area contributed by atoms with E-state index in [0.717, 1.165) is 16.9 Å². The highest BCUT2D eigenvalue weighted by Crippen LogP contribution is 2.20. The van der Waals surface area contributed by atoms with Crippen LogP contribution in [-0.2, 0) is 17.1 Å². The molecule has 0 aliphatic carbocycles. The molecule has 3 rings (SSSR count). The molecule has 0 amide bonds. The number of nitrogens with one attached hydrogen (secondary N) is 1. The van der Waals surface area contributed by atoms with E-state index in [2.05, 4.69) is 25.5 Å². The topological polar surface area (TPSA) is 110 Å². The number of hydrogen-bond donors (Lipinski definition) is 2. The number of imidazole rings is 1. The van der Waals surface area contributed by atoms with Crippen molar-refractivity contribution in [3.8, 4) is 0 Å². The van der Waals surface area contributed by atoms with Crippen LogP contribution in [0.15, 0.2) is 29.4 Å². The fraction of sp³-hybridized carbons (Fsp3) is 0.182. The van der Waals surface area contributed by atoms with Gasteiger partial charge < -0.3 is 10.1 Å². The molecule has 0 fully saturated rings. The van der Waals surface area contributed by atoms with E-state index in [1.165, 1.54) is 16.4 Å². The molecule has 3 aromatic rings. The van der Waals surface area contributed by atoms with Crippen molar-refractivity contribution in [1.82, 2.24) is 30.2 Å². The SMILES string of the molecule is O=C(O)Cn1nnnc1SCc1nc2ccccc2[nH]1. The Morgan fingerprint density at radius 1 is 1.40 bits per heavy atom. The minimum absolute atomic E-state index is 0.255. The average molecular weight is 290 g/mol. The van der Waals surface area contributed by atoms with Gasteiger partial charge in [0, 0.05) is 0 Å². The molecule has 0 saturated heterocycles. The number of H-pyrrole nitrogens is 1. The van der Waals surface area contributed by atoms with Crippen molar-refractivity contribution < 1.29 is 9.90 Å². The lowest BCUT2D eigenvalue weighted by molar-refractivity contribution is -0.138. The van der Waals surface area contributed by atoms with E-state index in [1.54, 1.807) is 0 Å². The first kappa shape index (κ1) is 12.6. The summed E-state index contributed by atoms with van der Waals surface area (Å²) < 4.78 is 1.25. The predicted octanol–water partition coefficient (Wildman–Crippen LogP) is 0.926. The van der Waals surface area contributed by atoms with Crippen molar-refractivity contribution in [3.63, 3.8) is 0 Å². The molecule has 2 aromatic heterocycles. The van der Waals surface area contributed by atoms with Crippen molar-refractivity contribution >= 4 is 28.8 Å². The Labute approximate surface area is 117 Å². The zero-order chi connectivity index (χ0) is 13.9. The Balaban J connectivity index is 1.73. The van der Waals surface area contributed by atoms with E-state index >= 15 is 0 Å². The Morgan fingerprint density at radius 3 is 3.05 bits per heavy atom. The largest absolute Gasteiger partial charge is 0.480 e. The molecule has 0 radical (unpaired) electrons. The Bertz CT molecular complexity index is 719. The zero-order valence-electron chi connectivity index (χ0n) is 10.2. The van der Waals surface area contributed by atoms with Crippen LogP contribution in [0.1, 0.15) is 5.82 Å². The van der Waals surface area contributed by atoms with Crippen LogP contribution in [0, 0.1) is 0 Å². The summed E-state index contributed by atoms with van der Waals surface area (Å²) in [6.45, 7) is -0.255. The zero-order valence-corrected chi connectivity index (χ0v) is 11.0. The molecule has 0 aliphatic rings. The van der Waals surface area contributed by atoms with Gasteiger partial charge in [-0.25, -0.2) is 9.67 Å². The summed E-state index contributed by atoms with van der Waals surface area (Å²) in [6, 6.07) is 7.73. The van der Waals surface area contributed by atoms with Gasteiger partial charge in [-0.2, -0.15) is 0 Å². The molecule has 102 valence electrons. The van der Waals surface area contributed by atoms with Crippen LogP contribution in [0.3, 0.4) is 0 Å². The van der Waals surface area contributed by atoms with Gasteiger partial charge in [0.25, 0.3) is 0 Å². The maximum absolute atomic E-state index is 10.7. The minimum atomic E-state index is -0.983. The second kappa shape index (κ2) is 5.29. The molecule has 2 heterocycles. The molecule has 0 atom stereocenters. The maximum atomic E-state index is 10.7. The quantitative estimate of drug-likeness (QED) is 0.672. The number of hydrogen-bond acceptors (Lipinski definition) is 6. The van der Waals surface area contributed by atoms with Crippen LogP contribution in [0.4, 0.5) is 0 Å². The number of carboxylic acids is 1. The Kier molecular flexibility index (Phi) is 3.33. The predicted molar refractivity (Wildman–Crippen MR) is 71.1 cm³/mol. The van der Waals surface area contributed by atoms with Crippen LogP contribution >= 0.6 is 11.8 Å². The van der Waals surface area contributed by atoms with Gasteiger partial charge in [-0.1, -0.05) is 23.9 Å². The lowest BCUT2D eigenvalue weighted by Crippen LogP contribution is -2.11. The first-order chi connectivity index (χ1) is 9.72. The number of thioether (sulfide) groups is 1. The summed E-state index contributed by atoms with van der Waals surface area (Å²) >= 11 is 1.33. The van der Waals surface area contributed by atoms with Crippen LogP contribution in [0.5, 0.6) is 0 Å². The molecule has 8 nitrogen and oxygen atoms in total. The van der Waals surface area contributed by atoms with E-state index in [1.807, 2.05) is 24.3 Å². The molecule has 0 saturated carbocycles. The molecular weight excluding hydrogens is 280 g/mol. The number of aromatic amines is 1. The molecule has 2 N–H and O–H groups in total. The highest BCUT2D eigenvalue weighted by molar-refractivity contribution is 7.98. The van der Waals surface area contributed by atoms with Crippen LogP contribution in [0.2, 0.25) is 0 Å². The average Bonchev–Trinajstić information content (AvgIpc) is 3.01. The number of rotatable bonds is 5. The maximum Gasteiger partial charge on any atom is 0.325 e. The van der Waals surface area contributed by atoms with Crippen molar-refractivity contribution in [1.29, 1.82) is 0 Å². The van der Waals surface area contributed by atoms with Crippen LogP contribution in [0.25, 0.3) is 11.0 Å². The summed E-state index contributed by atoms with van der Waals surface area (Å²) in [6.07, 6.45) is 0. The standard InChI is InChI=1S/C11H10N6O2S/c18-10(19)5-17-11(14-15-16-17)20-6-9-12-7-3-1-2-4-8(7)13-9/h1-4H,5-6H2,(H,12,13)(H,18,19). The molecule has 0 unspecified atom stereocenters. The van der Waals surface area contributed by atoms with Gasteiger partial charge in [0.05, 0.1) is 16.8 Å². The molecule has 1 aromatic carbocycles. The first-order valence-electron chi connectivity index (χ1n) is 5.77. The van der Waals surface area contributed by atoms with Gasteiger partial charge in [-0.15, -0.1) is 5.10 Å². The van der Waals surface area contributed by atoms with Gasteiger partial charge in [0.1, 0.15) is 12.4 Å². The number of nitrogens with zero attached hydrogens (tertiary/aromatic N) is 5. The first-order valence-corrected chi connectivity index (χ1v) is 6.75. The fourth-order valence-corrected chi connectivity index (χ4v) is 2.48. The van der Waals surface area contributed by atoms with E-state index < -0.39 is 5.97 Å². The number of carboxylic acid groups (broad SMARTS) is 1. The van der Waals surface area contributed by atoms with Gasteiger partial charge >= 0.3 is 5.97 Å². The summed E-state index contributed by atoms with van der Waals surface area (Å²) in [7, 11) is 0. The van der Waals surface area contributed by atoms with Crippen LogP contribution < -0.4 is 0 Å². The van der Waals surface area contributed by atoms with E-state index in [9.17, 15) is 4.79 Å². The number of carbonyl (C=O) groups is 1. The second-order valence-corrected chi connectivity index (χ2v) is 4.94. The number of benzene rings is 1. The normalized spacial score (nSPS) is 11.0. The number of tetrazole rings is 1. The third-order valence-electron chi connectivity index (χ3n) is 2.56. The van der Waals surface area contributed by atoms with Gasteiger partial charge in [0.2, 0.25) is 5.16 Å². The molecule has 0 aliphatic heterocycles. The molecular formula is C11H10N6O2S. The Morgan fingerprint density at radius 2 is 2.25 bits per heavy atom. The third-order valence-corrected chi connectivity index (χ3v) is 3.53. The number of aliphatic carboxylic acids is 1. The third kappa shape index (κ3) is 2.62. The summed E-state index contributed by atoms with van der Waals surface area (Å²) in [4.78, 5) is 18.3. The van der Waals surface area contributed by atoms with Gasteiger partial charge in [-0.3, -0.25) is 4.79 Å². The fourth-order valence-electron chi connectivity index (χ4n) is 1.73. The molecule has 0 spiro atoms. The van der Waals surface area contributed by atoms with Gasteiger partial charge in [0.15, 0.2) is 0 Å². The monoisotopic (exact) mass is 290 g/mol. The summed E-state index contributed by atoms with van der Waals surface area (Å²) in [5.41, 5.74) is 1.86. The van der Waals surface area contributed by atoms with Crippen LogP contribution in [-0.4, -0.2) is 41.3 Å². The summed E-state index contributed by atoms with van der Waals surface area (Å²) in [5.74, 6) is 0.346. The molecule has 0 bridgehead atoms. The highest BCUT2D eigenvalue weighted by atomic mass is 32.2. The lowest BCUT2D eigenvalue weighted by Gasteiger charge is -1.99. The van der Waals surface area contributed by atoms with Gasteiger partial charge in [-0.05, 0) is 22.6 Å². The smallest absolute Gasteiger partial charge is 0.325 e. The van der Waals surface area contributed by atoms with E-state index in [0.29, 0.717) is 10.9 Å². The van der Waals surface area contributed by atoms with E-state index in [-0.39, 0.29) is 6.54 Å². The van der Waals surface area contributed by atoms with Crippen molar-refractivity contribution in [2.75, 3.05) is 0 Å². The molecule has 20 heavy (non-hydrogen) atoms. The molecule has 9 heteroatoms. The minimum Gasteiger partial charge on any atom is -0.480 e. The second-order valence-electron chi connectivity index (χ2n) is 4.00. The van der Waals surface area contributed by atoms with Crippen molar-refractivity contribution in [3.05, 3.63) is 30.1 Å². The number of aromatic nitrogens is 6. The lowest BCUT2D eigenvalue weighted by atomic mass is 10.3. The van der Waals surface area contributed by atoms with E-state index in [4.69, 9.17) is 5.11 Å².